The first kappa shape index (κ1) is 17.2. The third kappa shape index (κ3) is 4.09. The van der Waals surface area contributed by atoms with Crippen LogP contribution in [-0.4, -0.2) is 20.4 Å². The maximum absolute atomic E-state index is 12.1. The lowest BCUT2D eigenvalue weighted by molar-refractivity contribution is 0.0934. The van der Waals surface area contributed by atoms with Crippen LogP contribution >= 0.6 is 23.2 Å². The van der Waals surface area contributed by atoms with Crippen molar-refractivity contribution in [1.29, 1.82) is 0 Å². The maximum Gasteiger partial charge on any atom is 0.251 e. The second-order valence-electron chi connectivity index (χ2n) is 4.30. The van der Waals surface area contributed by atoms with Crippen molar-refractivity contribution >= 4 is 39.1 Å². The van der Waals surface area contributed by atoms with Crippen molar-refractivity contribution in [2.24, 2.45) is 5.14 Å². The van der Waals surface area contributed by atoms with Crippen LogP contribution in [-0.2, 0) is 10.0 Å². The van der Waals surface area contributed by atoms with Crippen LogP contribution in [0.5, 0.6) is 0 Å². The number of benzene rings is 1. The second kappa shape index (κ2) is 6.76. The van der Waals surface area contributed by atoms with Crippen LogP contribution in [0.25, 0.3) is 0 Å². The van der Waals surface area contributed by atoms with Crippen molar-refractivity contribution in [1.82, 2.24) is 5.32 Å². The van der Waals surface area contributed by atoms with Crippen LogP contribution in [0.3, 0.4) is 0 Å². The van der Waals surface area contributed by atoms with E-state index in [-0.39, 0.29) is 26.5 Å². The highest BCUT2D eigenvalue weighted by Gasteiger charge is 2.20. The van der Waals surface area contributed by atoms with E-state index in [0.29, 0.717) is 0 Å². The summed E-state index contributed by atoms with van der Waals surface area (Å²) < 4.78 is 22.8. The molecule has 5 nitrogen and oxygen atoms in total. The van der Waals surface area contributed by atoms with Crippen molar-refractivity contribution in [3.05, 3.63) is 27.7 Å². The van der Waals surface area contributed by atoms with Gasteiger partial charge in [0.15, 0.2) is 0 Å². The lowest BCUT2D eigenvalue weighted by Gasteiger charge is -2.15. The van der Waals surface area contributed by atoms with Crippen LogP contribution in [0.15, 0.2) is 17.0 Å². The predicted octanol–water partition coefficient (Wildman–Crippen LogP) is 2.56. The summed E-state index contributed by atoms with van der Waals surface area (Å²) in [5.41, 5.74) is 0.107. The fraction of sp³-hybridized carbons (Fsp3) is 0.417. The molecule has 112 valence electrons. The molecular formula is C12H16Cl2N2O3S. The fourth-order valence-corrected chi connectivity index (χ4v) is 3.02. The van der Waals surface area contributed by atoms with Crippen molar-refractivity contribution in [3.8, 4) is 0 Å². The van der Waals surface area contributed by atoms with Gasteiger partial charge in [-0.15, -0.1) is 0 Å². The highest BCUT2D eigenvalue weighted by Crippen LogP contribution is 2.30. The molecule has 0 fully saturated rings. The fourth-order valence-electron chi connectivity index (χ4n) is 1.66. The minimum absolute atomic E-state index is 0.00915. The number of primary sulfonamides is 1. The Kier molecular flexibility index (Phi) is 5.82. The van der Waals surface area contributed by atoms with Gasteiger partial charge in [-0.05, 0) is 25.0 Å². The first-order valence-corrected chi connectivity index (χ1v) is 8.33. The first-order chi connectivity index (χ1) is 9.20. The van der Waals surface area contributed by atoms with Gasteiger partial charge in [-0.25, -0.2) is 13.6 Å². The molecule has 0 atom stereocenters. The molecule has 8 heteroatoms. The number of carbonyl (C=O) groups excluding carboxylic acids is 1. The highest BCUT2D eigenvalue weighted by atomic mass is 35.5. The molecule has 1 rings (SSSR count). The average Bonchev–Trinajstić information content (AvgIpc) is 2.37. The summed E-state index contributed by atoms with van der Waals surface area (Å²) in [4.78, 5) is 11.7. The standard InChI is InChI=1S/C12H16Cl2N2O3S/c1-3-8(4-2)16-12(17)7-5-9(13)11(14)10(6-7)20(15,18)19/h5-6,8H,3-4H2,1-2H3,(H,16,17)(H2,15,18,19). The molecule has 0 aromatic heterocycles. The number of hydrogen-bond donors (Lipinski definition) is 2. The summed E-state index contributed by atoms with van der Waals surface area (Å²) in [6.45, 7) is 3.89. The van der Waals surface area contributed by atoms with Gasteiger partial charge < -0.3 is 5.32 Å². The maximum atomic E-state index is 12.1. The quantitative estimate of drug-likeness (QED) is 0.864. The van der Waals surface area contributed by atoms with Gasteiger partial charge >= 0.3 is 0 Å². The Hall–Kier alpha value is -0.820. The van der Waals surface area contributed by atoms with Crippen LogP contribution < -0.4 is 10.5 Å². The number of sulfonamides is 1. The first-order valence-electron chi connectivity index (χ1n) is 6.03. The Bertz CT molecular complexity index is 613. The van der Waals surface area contributed by atoms with E-state index in [1.807, 2.05) is 13.8 Å². The molecule has 1 amide bonds. The summed E-state index contributed by atoms with van der Waals surface area (Å²) in [7, 11) is -4.05. The summed E-state index contributed by atoms with van der Waals surface area (Å²) in [5.74, 6) is -0.415. The Morgan fingerprint density at radius 3 is 2.30 bits per heavy atom. The van der Waals surface area contributed by atoms with Crippen LogP contribution in [0, 0.1) is 0 Å². The number of carbonyl (C=O) groups is 1. The van der Waals surface area contributed by atoms with E-state index in [4.69, 9.17) is 28.3 Å². The monoisotopic (exact) mass is 338 g/mol. The number of nitrogens with one attached hydrogen (secondary N) is 1. The SMILES string of the molecule is CCC(CC)NC(=O)c1cc(Cl)c(Cl)c(S(N)(=O)=O)c1. The molecule has 0 saturated heterocycles. The van der Waals surface area contributed by atoms with E-state index in [9.17, 15) is 13.2 Å². The van der Waals surface area contributed by atoms with Gasteiger partial charge in [0.1, 0.15) is 4.90 Å². The zero-order valence-electron chi connectivity index (χ0n) is 11.1. The zero-order chi connectivity index (χ0) is 15.5. The van der Waals surface area contributed by atoms with Gasteiger partial charge in [-0.1, -0.05) is 37.0 Å². The van der Waals surface area contributed by atoms with Crippen molar-refractivity contribution in [2.75, 3.05) is 0 Å². The van der Waals surface area contributed by atoms with Gasteiger partial charge in [0.05, 0.1) is 10.0 Å². The van der Waals surface area contributed by atoms with Crippen LogP contribution in [0.1, 0.15) is 37.0 Å². The summed E-state index contributed by atoms with van der Waals surface area (Å²) >= 11 is 11.6. The van der Waals surface area contributed by atoms with E-state index in [1.165, 1.54) is 6.07 Å². The number of halogens is 2. The number of rotatable bonds is 5. The van der Waals surface area contributed by atoms with E-state index in [2.05, 4.69) is 5.32 Å². The molecule has 3 N–H and O–H groups in total. The number of nitrogens with two attached hydrogens (primary N) is 1. The van der Waals surface area contributed by atoms with Crippen LogP contribution in [0.4, 0.5) is 0 Å². The minimum atomic E-state index is -4.05. The summed E-state index contributed by atoms with van der Waals surface area (Å²) in [5, 5.41) is 7.61. The predicted molar refractivity (Wildman–Crippen MR) is 79.7 cm³/mol. The van der Waals surface area contributed by atoms with Gasteiger partial charge in [0.25, 0.3) is 5.91 Å². The lowest BCUT2D eigenvalue weighted by Crippen LogP contribution is -2.34. The molecule has 0 bridgehead atoms. The normalized spacial score (nSPS) is 11.7. The van der Waals surface area contributed by atoms with E-state index < -0.39 is 15.9 Å². The zero-order valence-corrected chi connectivity index (χ0v) is 13.4. The molecule has 0 radical (unpaired) electrons. The van der Waals surface area contributed by atoms with Gasteiger partial charge in [0, 0.05) is 11.6 Å². The van der Waals surface area contributed by atoms with E-state index >= 15 is 0 Å². The van der Waals surface area contributed by atoms with Crippen LogP contribution in [0.2, 0.25) is 10.0 Å². The molecule has 0 saturated carbocycles. The molecule has 0 heterocycles. The second-order valence-corrected chi connectivity index (χ2v) is 6.62. The van der Waals surface area contributed by atoms with Crippen molar-refractivity contribution < 1.29 is 13.2 Å². The number of amides is 1. The smallest absolute Gasteiger partial charge is 0.251 e. The molecule has 20 heavy (non-hydrogen) atoms. The van der Waals surface area contributed by atoms with E-state index in [0.717, 1.165) is 18.9 Å². The third-order valence-corrected chi connectivity index (χ3v) is 4.73. The molecule has 0 spiro atoms. The minimum Gasteiger partial charge on any atom is -0.349 e. The van der Waals surface area contributed by atoms with Gasteiger partial charge in [-0.3, -0.25) is 4.79 Å². The topological polar surface area (TPSA) is 89.3 Å². The molecule has 0 aliphatic carbocycles. The van der Waals surface area contributed by atoms with Gasteiger partial charge in [0.2, 0.25) is 10.0 Å². The average molecular weight is 339 g/mol. The molecule has 1 aromatic carbocycles. The highest BCUT2D eigenvalue weighted by molar-refractivity contribution is 7.89. The number of hydrogen-bond acceptors (Lipinski definition) is 3. The summed E-state index contributed by atoms with van der Waals surface area (Å²) in [6, 6.07) is 2.45. The third-order valence-electron chi connectivity index (χ3n) is 2.88. The Labute approximate surface area is 128 Å². The van der Waals surface area contributed by atoms with Crippen molar-refractivity contribution in [3.63, 3.8) is 0 Å². The van der Waals surface area contributed by atoms with E-state index in [1.54, 1.807) is 0 Å². The Morgan fingerprint density at radius 2 is 1.85 bits per heavy atom. The lowest BCUT2D eigenvalue weighted by atomic mass is 10.1. The largest absolute Gasteiger partial charge is 0.349 e. The Balaban J connectivity index is 3.21. The van der Waals surface area contributed by atoms with Crippen molar-refractivity contribution in [2.45, 2.75) is 37.6 Å². The van der Waals surface area contributed by atoms with Gasteiger partial charge in [-0.2, -0.15) is 0 Å². The summed E-state index contributed by atoms with van der Waals surface area (Å²) in [6.07, 6.45) is 1.54. The Morgan fingerprint density at radius 1 is 1.30 bits per heavy atom. The molecular weight excluding hydrogens is 323 g/mol. The molecule has 0 aliphatic rings. The molecule has 1 aromatic rings. The molecule has 0 unspecified atom stereocenters. The molecule has 0 aliphatic heterocycles.